The van der Waals surface area contributed by atoms with Crippen molar-refractivity contribution < 1.29 is 14.4 Å². The number of imide groups is 1. The molecule has 2 heterocycles. The van der Waals surface area contributed by atoms with Crippen LogP contribution in [0.1, 0.15) is 40.0 Å². The summed E-state index contributed by atoms with van der Waals surface area (Å²) in [5.74, 6) is -0.251. The number of nitrogens with two attached hydrogens (primary N) is 1. The Labute approximate surface area is 124 Å². The minimum atomic E-state index is -0.839. The van der Waals surface area contributed by atoms with Gasteiger partial charge in [0.05, 0.1) is 6.04 Å². The van der Waals surface area contributed by atoms with Crippen LogP contribution in [0.2, 0.25) is 0 Å². The summed E-state index contributed by atoms with van der Waals surface area (Å²) < 4.78 is 0. The number of piperidine rings is 1. The second kappa shape index (κ2) is 5.63. The molecule has 2 fully saturated rings. The highest BCUT2D eigenvalue weighted by Crippen LogP contribution is 2.30. The molecule has 7 nitrogen and oxygen atoms in total. The first kappa shape index (κ1) is 15.8. The number of nitrogens with zero attached hydrogens (tertiary/aromatic N) is 2. The van der Waals surface area contributed by atoms with Crippen LogP contribution >= 0.6 is 0 Å². The molecule has 2 aliphatic heterocycles. The first-order valence-corrected chi connectivity index (χ1v) is 7.52. The summed E-state index contributed by atoms with van der Waals surface area (Å²) in [7, 11) is 0. The maximum absolute atomic E-state index is 12.5. The van der Waals surface area contributed by atoms with Crippen LogP contribution in [0.5, 0.6) is 0 Å². The Hall–Kier alpha value is -1.63. The van der Waals surface area contributed by atoms with Crippen molar-refractivity contribution in [2.75, 3.05) is 13.1 Å². The van der Waals surface area contributed by atoms with E-state index in [0.29, 0.717) is 32.4 Å². The van der Waals surface area contributed by atoms with E-state index in [0.717, 1.165) is 0 Å². The van der Waals surface area contributed by atoms with Gasteiger partial charge in [-0.05, 0) is 33.1 Å². The molecule has 0 aliphatic carbocycles. The summed E-state index contributed by atoms with van der Waals surface area (Å²) in [6.45, 7) is 6.40. The molecule has 2 rings (SSSR count). The zero-order valence-corrected chi connectivity index (χ0v) is 12.9. The number of amides is 4. The average Bonchev–Trinajstić information content (AvgIpc) is 2.69. The Balaban J connectivity index is 2.05. The van der Waals surface area contributed by atoms with Crippen molar-refractivity contribution in [1.29, 1.82) is 0 Å². The Morgan fingerprint density at radius 3 is 2.33 bits per heavy atom. The number of rotatable bonds is 3. The monoisotopic (exact) mass is 296 g/mol. The lowest BCUT2D eigenvalue weighted by Crippen LogP contribution is -2.57. The summed E-state index contributed by atoms with van der Waals surface area (Å²) in [6.07, 6.45) is 1.49. The minimum Gasteiger partial charge on any atom is -0.341 e. The molecular weight excluding hydrogens is 272 g/mol. The molecule has 21 heavy (non-hydrogen) atoms. The fraction of sp³-hybridized carbons (Fsp3) is 0.786. The first-order chi connectivity index (χ1) is 9.82. The molecule has 3 N–H and O–H groups in total. The van der Waals surface area contributed by atoms with Crippen LogP contribution in [-0.2, 0) is 9.59 Å². The average molecular weight is 296 g/mol. The third-order valence-corrected chi connectivity index (χ3v) is 4.40. The number of urea groups is 1. The topological polar surface area (TPSA) is 95.7 Å². The van der Waals surface area contributed by atoms with E-state index in [2.05, 4.69) is 5.32 Å². The molecule has 1 spiro atoms. The Morgan fingerprint density at radius 2 is 1.90 bits per heavy atom. The number of carbonyl (C=O) groups excluding carboxylic acids is 3. The predicted molar refractivity (Wildman–Crippen MR) is 77.3 cm³/mol. The second-order valence-electron chi connectivity index (χ2n) is 6.12. The summed E-state index contributed by atoms with van der Waals surface area (Å²) in [5.41, 5.74) is 4.93. The van der Waals surface area contributed by atoms with E-state index in [1.807, 2.05) is 20.8 Å². The molecule has 118 valence electrons. The molecule has 1 atom stereocenters. The number of hydrogen-bond donors (Lipinski definition) is 2. The van der Waals surface area contributed by atoms with Gasteiger partial charge in [0.25, 0.3) is 5.91 Å². The van der Waals surface area contributed by atoms with E-state index in [1.165, 1.54) is 4.90 Å². The van der Waals surface area contributed by atoms with Gasteiger partial charge in [0, 0.05) is 19.1 Å². The zero-order valence-electron chi connectivity index (χ0n) is 12.9. The van der Waals surface area contributed by atoms with Crippen LogP contribution in [-0.4, -0.2) is 58.4 Å². The third-order valence-electron chi connectivity index (χ3n) is 4.40. The summed E-state index contributed by atoms with van der Waals surface area (Å²) in [5, 5.41) is 2.82. The quantitative estimate of drug-likeness (QED) is 0.719. The molecule has 0 saturated carbocycles. The SMILES string of the molecule is CCC(N)C(=O)N1CCC2(CC1)NC(=O)N(C(C)C)C2=O. The van der Waals surface area contributed by atoms with Crippen molar-refractivity contribution in [3.63, 3.8) is 0 Å². The maximum atomic E-state index is 12.5. The van der Waals surface area contributed by atoms with Gasteiger partial charge in [0.2, 0.25) is 5.91 Å². The van der Waals surface area contributed by atoms with E-state index in [9.17, 15) is 14.4 Å². The molecule has 0 bridgehead atoms. The Morgan fingerprint density at radius 1 is 1.33 bits per heavy atom. The lowest BCUT2D eigenvalue weighted by Gasteiger charge is -2.38. The van der Waals surface area contributed by atoms with Crippen molar-refractivity contribution in [2.45, 2.75) is 57.7 Å². The number of hydrogen-bond acceptors (Lipinski definition) is 4. The van der Waals surface area contributed by atoms with E-state index >= 15 is 0 Å². The van der Waals surface area contributed by atoms with Crippen LogP contribution in [0.4, 0.5) is 4.79 Å². The van der Waals surface area contributed by atoms with Crippen molar-refractivity contribution in [1.82, 2.24) is 15.1 Å². The van der Waals surface area contributed by atoms with Gasteiger partial charge in [-0.3, -0.25) is 14.5 Å². The van der Waals surface area contributed by atoms with Crippen LogP contribution in [0, 0.1) is 0 Å². The molecule has 2 saturated heterocycles. The molecule has 2 aliphatic rings. The molecule has 0 aromatic rings. The normalized spacial score (nSPS) is 22.9. The van der Waals surface area contributed by atoms with Gasteiger partial charge in [-0.15, -0.1) is 0 Å². The molecular formula is C14H24N4O3. The summed E-state index contributed by atoms with van der Waals surface area (Å²) in [6, 6.07) is -0.981. The minimum absolute atomic E-state index is 0.0789. The number of carbonyl (C=O) groups is 3. The lowest BCUT2D eigenvalue weighted by atomic mass is 9.87. The largest absolute Gasteiger partial charge is 0.341 e. The van der Waals surface area contributed by atoms with Gasteiger partial charge in [-0.2, -0.15) is 0 Å². The number of likely N-dealkylation sites (tertiary alicyclic amines) is 1. The van der Waals surface area contributed by atoms with E-state index in [-0.39, 0.29) is 23.9 Å². The van der Waals surface area contributed by atoms with Crippen LogP contribution in [0.15, 0.2) is 0 Å². The van der Waals surface area contributed by atoms with Crippen LogP contribution < -0.4 is 11.1 Å². The lowest BCUT2D eigenvalue weighted by molar-refractivity contribution is -0.139. The van der Waals surface area contributed by atoms with Gasteiger partial charge < -0.3 is 16.0 Å². The third kappa shape index (κ3) is 2.62. The summed E-state index contributed by atoms with van der Waals surface area (Å²) in [4.78, 5) is 39.5. The predicted octanol–water partition coefficient (Wildman–Crippen LogP) is 0.0451. The Kier molecular flexibility index (Phi) is 4.22. The maximum Gasteiger partial charge on any atom is 0.325 e. The highest BCUT2D eigenvalue weighted by Gasteiger charge is 2.53. The van der Waals surface area contributed by atoms with Crippen molar-refractivity contribution in [3.8, 4) is 0 Å². The van der Waals surface area contributed by atoms with Gasteiger partial charge in [0.15, 0.2) is 0 Å². The van der Waals surface area contributed by atoms with Gasteiger partial charge in [0.1, 0.15) is 5.54 Å². The molecule has 0 aromatic heterocycles. The highest BCUT2D eigenvalue weighted by atomic mass is 16.2. The summed E-state index contributed by atoms with van der Waals surface area (Å²) >= 11 is 0. The molecule has 0 aromatic carbocycles. The fourth-order valence-electron chi connectivity index (χ4n) is 2.97. The smallest absolute Gasteiger partial charge is 0.325 e. The van der Waals surface area contributed by atoms with Gasteiger partial charge >= 0.3 is 6.03 Å². The first-order valence-electron chi connectivity index (χ1n) is 7.52. The van der Waals surface area contributed by atoms with Crippen molar-refractivity contribution in [2.24, 2.45) is 5.73 Å². The molecule has 7 heteroatoms. The second-order valence-corrected chi connectivity index (χ2v) is 6.12. The zero-order chi connectivity index (χ0) is 15.8. The molecule has 1 unspecified atom stereocenters. The van der Waals surface area contributed by atoms with E-state index in [4.69, 9.17) is 5.73 Å². The van der Waals surface area contributed by atoms with E-state index in [1.54, 1.807) is 4.90 Å². The Bertz CT molecular complexity index is 455. The van der Waals surface area contributed by atoms with Gasteiger partial charge in [-0.25, -0.2) is 4.79 Å². The fourth-order valence-corrected chi connectivity index (χ4v) is 2.97. The van der Waals surface area contributed by atoms with Gasteiger partial charge in [-0.1, -0.05) is 6.92 Å². The van der Waals surface area contributed by atoms with E-state index < -0.39 is 11.6 Å². The van der Waals surface area contributed by atoms with Crippen molar-refractivity contribution in [3.05, 3.63) is 0 Å². The molecule has 4 amide bonds. The molecule has 0 radical (unpaired) electrons. The standard InChI is InChI=1S/C14H24N4O3/c1-4-10(15)11(19)17-7-5-14(6-8-17)12(20)18(9(2)3)13(21)16-14/h9-10H,4-8,15H2,1-3H3,(H,16,21). The number of nitrogens with one attached hydrogen (secondary N) is 1. The van der Waals surface area contributed by atoms with Crippen molar-refractivity contribution >= 4 is 17.8 Å². The van der Waals surface area contributed by atoms with Crippen LogP contribution in [0.25, 0.3) is 0 Å². The highest BCUT2D eigenvalue weighted by molar-refractivity contribution is 6.07. The van der Waals surface area contributed by atoms with Crippen LogP contribution in [0.3, 0.4) is 0 Å².